The Labute approximate surface area is 112 Å². The fraction of sp³-hybridized carbons (Fsp3) is 0.0909. The SMILES string of the molecule is CS(=O)(=O)c1cc(F)c(-c2cc(C(=O)O)[nH]n2)cc1F. The Morgan fingerprint density at radius 3 is 2.40 bits per heavy atom. The molecule has 9 heteroatoms. The van der Waals surface area contributed by atoms with Crippen LogP contribution in [0.15, 0.2) is 23.1 Å². The van der Waals surface area contributed by atoms with Crippen LogP contribution in [0.3, 0.4) is 0 Å². The Morgan fingerprint density at radius 1 is 1.25 bits per heavy atom. The lowest BCUT2D eigenvalue weighted by atomic mass is 10.1. The van der Waals surface area contributed by atoms with Crippen LogP contribution in [0.2, 0.25) is 0 Å². The van der Waals surface area contributed by atoms with Gasteiger partial charge in [-0.05, 0) is 18.2 Å². The third-order valence-corrected chi connectivity index (χ3v) is 3.62. The third kappa shape index (κ3) is 2.52. The Morgan fingerprint density at radius 2 is 1.90 bits per heavy atom. The van der Waals surface area contributed by atoms with E-state index in [9.17, 15) is 22.0 Å². The number of benzene rings is 1. The first-order valence-electron chi connectivity index (χ1n) is 5.18. The molecule has 0 aliphatic carbocycles. The van der Waals surface area contributed by atoms with E-state index in [1.807, 2.05) is 0 Å². The summed E-state index contributed by atoms with van der Waals surface area (Å²) < 4.78 is 50.0. The van der Waals surface area contributed by atoms with Gasteiger partial charge in [-0.2, -0.15) is 5.10 Å². The third-order valence-electron chi connectivity index (χ3n) is 2.51. The molecular formula is C11H8F2N2O4S. The van der Waals surface area contributed by atoms with E-state index in [-0.39, 0.29) is 17.0 Å². The summed E-state index contributed by atoms with van der Waals surface area (Å²) in [4.78, 5) is 9.89. The van der Waals surface area contributed by atoms with Crippen molar-refractivity contribution in [3.63, 3.8) is 0 Å². The number of rotatable bonds is 3. The van der Waals surface area contributed by atoms with E-state index in [1.54, 1.807) is 0 Å². The number of nitrogens with zero attached hydrogens (tertiary/aromatic N) is 1. The largest absolute Gasteiger partial charge is 0.477 e. The molecule has 1 heterocycles. The van der Waals surface area contributed by atoms with Crippen LogP contribution in [-0.2, 0) is 9.84 Å². The van der Waals surface area contributed by atoms with Crippen LogP contribution in [0, 0.1) is 11.6 Å². The van der Waals surface area contributed by atoms with Gasteiger partial charge in [0.1, 0.15) is 22.2 Å². The van der Waals surface area contributed by atoms with E-state index in [1.165, 1.54) is 0 Å². The molecule has 0 unspecified atom stereocenters. The number of aromatic nitrogens is 2. The van der Waals surface area contributed by atoms with Crippen molar-refractivity contribution in [2.45, 2.75) is 4.90 Å². The molecule has 0 aliphatic rings. The van der Waals surface area contributed by atoms with Gasteiger partial charge in [-0.3, -0.25) is 5.10 Å². The van der Waals surface area contributed by atoms with Crippen molar-refractivity contribution in [3.8, 4) is 11.3 Å². The monoisotopic (exact) mass is 302 g/mol. The fourth-order valence-electron chi connectivity index (χ4n) is 1.58. The Kier molecular flexibility index (Phi) is 3.30. The van der Waals surface area contributed by atoms with E-state index in [0.29, 0.717) is 12.1 Å². The minimum absolute atomic E-state index is 0.140. The van der Waals surface area contributed by atoms with Crippen LogP contribution in [0.4, 0.5) is 8.78 Å². The summed E-state index contributed by atoms with van der Waals surface area (Å²) in [6.45, 7) is 0. The minimum atomic E-state index is -3.90. The first-order chi connectivity index (χ1) is 9.20. The molecule has 20 heavy (non-hydrogen) atoms. The zero-order chi connectivity index (χ0) is 15.1. The summed E-state index contributed by atoms with van der Waals surface area (Å²) in [6, 6.07) is 2.21. The maximum absolute atomic E-state index is 13.8. The Hall–Kier alpha value is -2.29. The Balaban J connectivity index is 2.59. The molecule has 106 valence electrons. The van der Waals surface area contributed by atoms with Crippen molar-refractivity contribution < 1.29 is 27.1 Å². The lowest BCUT2D eigenvalue weighted by Gasteiger charge is -2.04. The summed E-state index contributed by atoms with van der Waals surface area (Å²) >= 11 is 0. The summed E-state index contributed by atoms with van der Waals surface area (Å²) in [5, 5.41) is 14.4. The number of carboxylic acid groups (broad SMARTS) is 1. The highest BCUT2D eigenvalue weighted by atomic mass is 32.2. The van der Waals surface area contributed by atoms with Crippen molar-refractivity contribution >= 4 is 15.8 Å². The van der Waals surface area contributed by atoms with Crippen molar-refractivity contribution in [2.24, 2.45) is 0 Å². The Bertz CT molecular complexity index is 799. The van der Waals surface area contributed by atoms with Gasteiger partial charge >= 0.3 is 5.97 Å². The fourth-order valence-corrected chi connectivity index (χ4v) is 2.31. The first-order valence-corrected chi connectivity index (χ1v) is 7.07. The van der Waals surface area contributed by atoms with Gasteiger partial charge in [0.2, 0.25) is 0 Å². The van der Waals surface area contributed by atoms with Gasteiger partial charge in [0, 0.05) is 11.8 Å². The lowest BCUT2D eigenvalue weighted by Crippen LogP contribution is -2.02. The summed E-state index contributed by atoms with van der Waals surface area (Å²) in [7, 11) is -3.90. The molecule has 1 aromatic heterocycles. The molecule has 0 aliphatic heterocycles. The van der Waals surface area contributed by atoms with Crippen LogP contribution in [0.5, 0.6) is 0 Å². The molecule has 0 bridgehead atoms. The second-order valence-electron chi connectivity index (χ2n) is 4.01. The molecular weight excluding hydrogens is 294 g/mol. The molecule has 1 aromatic carbocycles. The second-order valence-corrected chi connectivity index (χ2v) is 5.99. The summed E-state index contributed by atoms with van der Waals surface area (Å²) in [6.07, 6.45) is 0.752. The molecule has 0 spiro atoms. The van der Waals surface area contributed by atoms with Crippen LogP contribution in [0.25, 0.3) is 11.3 Å². The molecule has 0 amide bonds. The molecule has 2 N–H and O–H groups in total. The number of hydrogen-bond acceptors (Lipinski definition) is 4. The zero-order valence-corrected chi connectivity index (χ0v) is 10.8. The van der Waals surface area contributed by atoms with Gasteiger partial charge in [-0.25, -0.2) is 22.0 Å². The maximum atomic E-state index is 13.8. The predicted molar refractivity (Wildman–Crippen MR) is 64.0 cm³/mol. The molecule has 0 saturated heterocycles. The highest BCUT2D eigenvalue weighted by Gasteiger charge is 2.20. The van der Waals surface area contributed by atoms with Gasteiger partial charge in [-0.15, -0.1) is 0 Å². The smallest absolute Gasteiger partial charge is 0.353 e. The van der Waals surface area contributed by atoms with Crippen molar-refractivity contribution in [1.82, 2.24) is 10.2 Å². The van der Waals surface area contributed by atoms with E-state index in [2.05, 4.69) is 10.2 Å². The molecule has 2 aromatic rings. The lowest BCUT2D eigenvalue weighted by molar-refractivity contribution is 0.0690. The van der Waals surface area contributed by atoms with Crippen LogP contribution in [0.1, 0.15) is 10.5 Å². The topological polar surface area (TPSA) is 100 Å². The second kappa shape index (κ2) is 4.67. The van der Waals surface area contributed by atoms with Crippen LogP contribution < -0.4 is 0 Å². The normalized spacial score (nSPS) is 11.6. The van der Waals surface area contributed by atoms with Gasteiger partial charge in [0.15, 0.2) is 9.84 Å². The minimum Gasteiger partial charge on any atom is -0.477 e. The molecule has 0 saturated carbocycles. The van der Waals surface area contributed by atoms with Crippen molar-refractivity contribution in [2.75, 3.05) is 6.26 Å². The highest BCUT2D eigenvalue weighted by molar-refractivity contribution is 7.90. The molecule has 2 rings (SSSR count). The number of hydrogen-bond donors (Lipinski definition) is 2. The molecule has 0 atom stereocenters. The number of sulfone groups is 1. The number of halogens is 2. The van der Waals surface area contributed by atoms with Gasteiger partial charge in [-0.1, -0.05) is 0 Å². The van der Waals surface area contributed by atoms with E-state index >= 15 is 0 Å². The number of aromatic carboxylic acids is 1. The number of aromatic amines is 1. The average Bonchev–Trinajstić information content (AvgIpc) is 2.79. The number of H-pyrrole nitrogens is 1. The van der Waals surface area contributed by atoms with E-state index in [0.717, 1.165) is 12.3 Å². The first kappa shape index (κ1) is 14.1. The quantitative estimate of drug-likeness (QED) is 0.894. The van der Waals surface area contributed by atoms with Gasteiger partial charge < -0.3 is 5.11 Å². The van der Waals surface area contributed by atoms with Gasteiger partial charge in [0.25, 0.3) is 0 Å². The van der Waals surface area contributed by atoms with Crippen molar-refractivity contribution in [1.29, 1.82) is 0 Å². The predicted octanol–water partition coefficient (Wildman–Crippen LogP) is 1.46. The van der Waals surface area contributed by atoms with E-state index in [4.69, 9.17) is 5.11 Å². The number of carbonyl (C=O) groups is 1. The molecule has 0 fully saturated rings. The maximum Gasteiger partial charge on any atom is 0.353 e. The standard InChI is InChI=1S/C11H8F2N2O4S/c1-20(18,19)10-3-6(12)5(2-7(10)13)8-4-9(11(16)17)15-14-8/h2-4H,1H3,(H,14,15)(H,16,17). The number of carboxylic acids is 1. The zero-order valence-electron chi connectivity index (χ0n) is 10.0. The summed E-state index contributed by atoms with van der Waals surface area (Å²) in [5.74, 6) is -3.46. The van der Waals surface area contributed by atoms with Gasteiger partial charge in [0.05, 0.1) is 5.69 Å². The summed E-state index contributed by atoms with van der Waals surface area (Å²) in [5.41, 5.74) is -0.774. The van der Waals surface area contributed by atoms with Crippen LogP contribution in [-0.4, -0.2) is 35.9 Å². The molecule has 0 radical (unpaired) electrons. The number of nitrogens with one attached hydrogen (secondary N) is 1. The highest BCUT2D eigenvalue weighted by Crippen LogP contribution is 2.26. The average molecular weight is 302 g/mol. The van der Waals surface area contributed by atoms with E-state index < -0.39 is 32.3 Å². The van der Waals surface area contributed by atoms with Crippen molar-refractivity contribution in [3.05, 3.63) is 35.5 Å². The van der Waals surface area contributed by atoms with Crippen LogP contribution >= 0.6 is 0 Å². The molecule has 6 nitrogen and oxygen atoms in total.